The number of aliphatic carboxylic acids is 1. The highest BCUT2D eigenvalue weighted by molar-refractivity contribution is 5.86. The molecule has 1 aliphatic heterocycles. The summed E-state index contributed by atoms with van der Waals surface area (Å²) in [6, 6.07) is -0.420. The third-order valence-corrected chi connectivity index (χ3v) is 3.95. The van der Waals surface area contributed by atoms with Crippen LogP contribution >= 0.6 is 0 Å². The highest BCUT2D eigenvalue weighted by atomic mass is 16.5. The first-order valence-corrected chi connectivity index (χ1v) is 6.58. The van der Waals surface area contributed by atoms with Crippen molar-refractivity contribution >= 4 is 11.9 Å². The van der Waals surface area contributed by atoms with Gasteiger partial charge in [0.15, 0.2) is 0 Å². The predicted octanol–water partition coefficient (Wildman–Crippen LogP) is 0.750. The van der Waals surface area contributed by atoms with Crippen LogP contribution < -0.4 is 0 Å². The second-order valence-corrected chi connectivity index (χ2v) is 4.93. The molecule has 0 aliphatic carbocycles. The van der Waals surface area contributed by atoms with Gasteiger partial charge in [-0.05, 0) is 20.3 Å². The zero-order chi connectivity index (χ0) is 14.6. The molecular formula is C13H23NO5. The van der Waals surface area contributed by atoms with E-state index in [0.717, 1.165) is 0 Å². The number of carbonyl (C=O) groups excluding carboxylic acids is 1. The maximum Gasteiger partial charge on any atom is 0.311 e. The molecular weight excluding hydrogens is 250 g/mol. The lowest BCUT2D eigenvalue weighted by Crippen LogP contribution is -2.54. The first-order chi connectivity index (χ1) is 8.91. The second-order valence-electron chi connectivity index (χ2n) is 4.93. The van der Waals surface area contributed by atoms with Crippen molar-refractivity contribution in [2.75, 3.05) is 26.9 Å². The molecule has 3 unspecified atom stereocenters. The molecule has 0 spiro atoms. The number of carboxylic acid groups (broad SMARTS) is 1. The highest BCUT2D eigenvalue weighted by Gasteiger charge is 2.44. The maximum absolute atomic E-state index is 12.6. The topological polar surface area (TPSA) is 76.1 Å². The number of rotatable bonds is 6. The van der Waals surface area contributed by atoms with Gasteiger partial charge in [0.1, 0.15) is 11.5 Å². The van der Waals surface area contributed by atoms with Crippen molar-refractivity contribution in [3.8, 4) is 0 Å². The van der Waals surface area contributed by atoms with Crippen LogP contribution in [-0.4, -0.2) is 60.4 Å². The van der Waals surface area contributed by atoms with Crippen LogP contribution in [0.4, 0.5) is 0 Å². The lowest BCUT2D eigenvalue weighted by atomic mass is 9.96. The fourth-order valence-corrected chi connectivity index (χ4v) is 2.30. The molecule has 0 aromatic heterocycles. The summed E-state index contributed by atoms with van der Waals surface area (Å²) in [5.74, 6) is -1.77. The molecule has 1 aliphatic rings. The van der Waals surface area contributed by atoms with Crippen molar-refractivity contribution in [1.29, 1.82) is 0 Å². The number of ether oxygens (including phenoxy) is 2. The molecule has 0 saturated carbocycles. The molecule has 1 saturated heterocycles. The number of amides is 1. The largest absolute Gasteiger partial charge is 0.481 e. The van der Waals surface area contributed by atoms with E-state index in [2.05, 4.69) is 0 Å². The van der Waals surface area contributed by atoms with Gasteiger partial charge in [-0.15, -0.1) is 0 Å². The molecule has 1 rings (SSSR count). The van der Waals surface area contributed by atoms with E-state index in [4.69, 9.17) is 9.47 Å². The number of carboxylic acids is 1. The van der Waals surface area contributed by atoms with E-state index in [1.165, 1.54) is 7.11 Å². The van der Waals surface area contributed by atoms with Crippen LogP contribution in [0.15, 0.2) is 0 Å². The van der Waals surface area contributed by atoms with E-state index in [1.807, 2.05) is 13.8 Å². The highest BCUT2D eigenvalue weighted by Crippen LogP contribution is 2.25. The summed E-state index contributed by atoms with van der Waals surface area (Å²) in [5, 5.41) is 9.18. The van der Waals surface area contributed by atoms with Crippen molar-refractivity contribution in [2.24, 2.45) is 5.92 Å². The number of hydrogen-bond acceptors (Lipinski definition) is 4. The third-order valence-electron chi connectivity index (χ3n) is 3.95. The molecule has 19 heavy (non-hydrogen) atoms. The zero-order valence-corrected chi connectivity index (χ0v) is 12.0. The number of nitrogens with zero attached hydrogens (tertiary/aromatic N) is 1. The van der Waals surface area contributed by atoms with Crippen LogP contribution in [0.5, 0.6) is 0 Å². The van der Waals surface area contributed by atoms with Crippen molar-refractivity contribution in [2.45, 2.75) is 38.8 Å². The van der Waals surface area contributed by atoms with E-state index < -0.39 is 23.5 Å². The summed E-state index contributed by atoms with van der Waals surface area (Å²) in [6.07, 6.45) is 0.532. The number of hydrogen-bond donors (Lipinski definition) is 1. The van der Waals surface area contributed by atoms with Gasteiger partial charge in [0, 0.05) is 13.7 Å². The van der Waals surface area contributed by atoms with Gasteiger partial charge in [-0.2, -0.15) is 0 Å². The monoisotopic (exact) mass is 273 g/mol. The molecule has 0 aromatic carbocycles. The van der Waals surface area contributed by atoms with E-state index in [1.54, 1.807) is 11.8 Å². The lowest BCUT2D eigenvalue weighted by Gasteiger charge is -2.36. The van der Waals surface area contributed by atoms with Gasteiger partial charge in [0.25, 0.3) is 5.91 Å². The molecule has 3 atom stereocenters. The first-order valence-electron chi connectivity index (χ1n) is 6.58. The minimum atomic E-state index is -0.927. The van der Waals surface area contributed by atoms with Gasteiger partial charge in [0.05, 0.1) is 19.3 Å². The Morgan fingerprint density at radius 1 is 1.42 bits per heavy atom. The van der Waals surface area contributed by atoms with Crippen LogP contribution in [0.1, 0.15) is 27.2 Å². The Bertz CT molecular complexity index is 340. The molecule has 1 fully saturated rings. The Labute approximate surface area is 113 Å². The molecule has 0 bridgehead atoms. The van der Waals surface area contributed by atoms with Gasteiger partial charge < -0.3 is 19.5 Å². The van der Waals surface area contributed by atoms with E-state index in [9.17, 15) is 14.7 Å². The normalized spacial score (nSPS) is 25.9. The Morgan fingerprint density at radius 3 is 2.47 bits per heavy atom. The van der Waals surface area contributed by atoms with Gasteiger partial charge in [-0.1, -0.05) is 6.92 Å². The molecule has 0 radical (unpaired) electrons. The van der Waals surface area contributed by atoms with E-state index in [-0.39, 0.29) is 19.1 Å². The van der Waals surface area contributed by atoms with Crippen molar-refractivity contribution < 1.29 is 24.2 Å². The smallest absolute Gasteiger partial charge is 0.311 e. The quantitative estimate of drug-likeness (QED) is 0.773. The van der Waals surface area contributed by atoms with Crippen LogP contribution in [-0.2, 0) is 19.1 Å². The van der Waals surface area contributed by atoms with Gasteiger partial charge >= 0.3 is 5.97 Å². The van der Waals surface area contributed by atoms with Gasteiger partial charge in [-0.3, -0.25) is 9.59 Å². The molecule has 6 nitrogen and oxygen atoms in total. The fraction of sp³-hybridized carbons (Fsp3) is 0.846. The average molecular weight is 273 g/mol. The van der Waals surface area contributed by atoms with Crippen LogP contribution in [0.2, 0.25) is 0 Å². The van der Waals surface area contributed by atoms with Crippen LogP contribution in [0, 0.1) is 5.92 Å². The summed E-state index contributed by atoms with van der Waals surface area (Å²) in [7, 11) is 1.50. The van der Waals surface area contributed by atoms with E-state index in [0.29, 0.717) is 13.0 Å². The zero-order valence-electron chi connectivity index (χ0n) is 12.0. The number of methoxy groups -OCH3 is 1. The van der Waals surface area contributed by atoms with Gasteiger partial charge in [-0.25, -0.2) is 0 Å². The Kier molecular flexibility index (Phi) is 5.31. The third kappa shape index (κ3) is 3.06. The lowest BCUT2D eigenvalue weighted by molar-refractivity contribution is -0.158. The molecule has 0 aromatic rings. The Balaban J connectivity index is 2.94. The Morgan fingerprint density at radius 2 is 2.05 bits per heavy atom. The van der Waals surface area contributed by atoms with Crippen LogP contribution in [0.3, 0.4) is 0 Å². The Hall–Kier alpha value is -1.14. The summed E-state index contributed by atoms with van der Waals surface area (Å²) < 4.78 is 10.5. The van der Waals surface area contributed by atoms with E-state index >= 15 is 0 Å². The predicted molar refractivity (Wildman–Crippen MR) is 68.8 cm³/mol. The first kappa shape index (κ1) is 15.9. The maximum atomic E-state index is 12.6. The summed E-state index contributed by atoms with van der Waals surface area (Å²) in [5.41, 5.74) is -0.915. The standard InChI is InChI=1S/C13H23NO5/c1-5-13(3,18-4)12(17)14(6-2)10-8-19-7-9(10)11(15)16/h9-10H,5-8H2,1-4H3,(H,15,16). The van der Waals surface area contributed by atoms with Gasteiger partial charge in [0.2, 0.25) is 0 Å². The molecule has 1 amide bonds. The van der Waals surface area contributed by atoms with Crippen molar-refractivity contribution in [1.82, 2.24) is 4.90 Å². The molecule has 110 valence electrons. The second kappa shape index (κ2) is 6.34. The molecule has 1 heterocycles. The minimum absolute atomic E-state index is 0.152. The molecule has 6 heteroatoms. The SMILES string of the molecule is CCN(C(=O)C(C)(CC)OC)C1COCC1C(=O)O. The van der Waals surface area contributed by atoms with Crippen LogP contribution in [0.25, 0.3) is 0 Å². The number of carbonyl (C=O) groups is 2. The summed E-state index contributed by atoms with van der Waals surface area (Å²) in [4.78, 5) is 25.3. The van der Waals surface area contributed by atoms with Crippen molar-refractivity contribution in [3.05, 3.63) is 0 Å². The summed E-state index contributed by atoms with van der Waals surface area (Å²) >= 11 is 0. The average Bonchev–Trinajstić information content (AvgIpc) is 2.88. The number of likely N-dealkylation sites (N-methyl/N-ethyl adjacent to an activating group) is 1. The molecule has 1 N–H and O–H groups in total. The summed E-state index contributed by atoms with van der Waals surface area (Å²) in [6.45, 7) is 6.29. The fourth-order valence-electron chi connectivity index (χ4n) is 2.30. The minimum Gasteiger partial charge on any atom is -0.481 e. The van der Waals surface area contributed by atoms with Crippen molar-refractivity contribution in [3.63, 3.8) is 0 Å².